The van der Waals surface area contributed by atoms with Gasteiger partial charge < -0.3 is 5.32 Å². The van der Waals surface area contributed by atoms with Gasteiger partial charge in [-0.2, -0.15) is 0 Å². The van der Waals surface area contributed by atoms with Crippen LogP contribution in [0.15, 0.2) is 24.3 Å². The van der Waals surface area contributed by atoms with Crippen molar-refractivity contribution in [3.8, 4) is 0 Å². The standard InChI is InChI=1S/C6H4N2O4.C4H11N/c9-7(10)5-2-1-3-6(4-5)8(11)12;1-3-5-4-2/h1-4H;5H,3-4H2,1-2H3. The Hall–Kier alpha value is -2.02. The number of rotatable bonds is 4. The highest BCUT2D eigenvalue weighted by Gasteiger charge is 2.11. The lowest BCUT2D eigenvalue weighted by Crippen LogP contribution is -2.09. The highest BCUT2D eigenvalue weighted by molar-refractivity contribution is 5.42. The van der Waals surface area contributed by atoms with E-state index < -0.39 is 9.85 Å². The first-order valence-corrected chi connectivity index (χ1v) is 5.12. The molecular formula is C10H15N3O4. The molecule has 0 bridgehead atoms. The molecule has 0 aliphatic rings. The quantitative estimate of drug-likeness (QED) is 0.643. The number of nitro groups is 2. The molecule has 7 heteroatoms. The van der Waals surface area contributed by atoms with Gasteiger partial charge in [0, 0.05) is 12.1 Å². The number of nitrogens with zero attached hydrogens (tertiary/aromatic N) is 2. The summed E-state index contributed by atoms with van der Waals surface area (Å²) in [5, 5.41) is 23.4. The fourth-order valence-electron chi connectivity index (χ4n) is 0.970. The first kappa shape index (κ1) is 15.0. The van der Waals surface area contributed by atoms with Crippen LogP contribution < -0.4 is 5.32 Å². The Balaban J connectivity index is 0.000000437. The Morgan fingerprint density at radius 3 is 1.71 bits per heavy atom. The minimum atomic E-state index is -0.674. The Labute approximate surface area is 98.8 Å². The number of nitrogens with one attached hydrogen (secondary N) is 1. The third-order valence-electron chi connectivity index (χ3n) is 1.75. The zero-order chi connectivity index (χ0) is 13.3. The van der Waals surface area contributed by atoms with Crippen LogP contribution in [0.4, 0.5) is 11.4 Å². The second-order valence-corrected chi connectivity index (χ2v) is 2.99. The van der Waals surface area contributed by atoms with Crippen LogP contribution in [0.5, 0.6) is 0 Å². The van der Waals surface area contributed by atoms with Crippen molar-refractivity contribution in [2.75, 3.05) is 13.1 Å². The topological polar surface area (TPSA) is 98.3 Å². The Kier molecular flexibility index (Phi) is 7.20. The van der Waals surface area contributed by atoms with E-state index in [2.05, 4.69) is 19.2 Å². The van der Waals surface area contributed by atoms with Crippen LogP contribution in [0, 0.1) is 20.2 Å². The number of non-ortho nitro benzene ring substituents is 2. The zero-order valence-electron chi connectivity index (χ0n) is 9.75. The van der Waals surface area contributed by atoms with Gasteiger partial charge in [-0.15, -0.1) is 0 Å². The molecule has 1 rings (SSSR count). The van der Waals surface area contributed by atoms with Gasteiger partial charge in [0.1, 0.15) is 0 Å². The minimum absolute atomic E-state index is 0.274. The molecule has 0 unspecified atom stereocenters. The van der Waals surface area contributed by atoms with Crippen LogP contribution in [0.25, 0.3) is 0 Å². The molecule has 0 saturated carbocycles. The molecular weight excluding hydrogens is 226 g/mol. The second kappa shape index (κ2) is 8.17. The summed E-state index contributed by atoms with van der Waals surface area (Å²) >= 11 is 0. The van der Waals surface area contributed by atoms with Crippen LogP contribution in [0.1, 0.15) is 13.8 Å². The van der Waals surface area contributed by atoms with Crippen molar-refractivity contribution >= 4 is 11.4 Å². The van der Waals surface area contributed by atoms with Gasteiger partial charge in [-0.1, -0.05) is 13.8 Å². The van der Waals surface area contributed by atoms with Crippen molar-refractivity contribution in [1.82, 2.24) is 5.32 Å². The molecule has 0 amide bonds. The Bertz CT molecular complexity index is 350. The van der Waals surface area contributed by atoms with Crippen molar-refractivity contribution in [3.63, 3.8) is 0 Å². The van der Waals surface area contributed by atoms with E-state index in [9.17, 15) is 20.2 Å². The van der Waals surface area contributed by atoms with Crippen LogP contribution >= 0.6 is 0 Å². The maximum Gasteiger partial charge on any atom is 0.276 e. The summed E-state index contributed by atoms with van der Waals surface area (Å²) in [7, 11) is 0. The zero-order valence-corrected chi connectivity index (χ0v) is 9.75. The van der Waals surface area contributed by atoms with E-state index >= 15 is 0 Å². The maximum atomic E-state index is 10.2. The van der Waals surface area contributed by atoms with Gasteiger partial charge in [0.25, 0.3) is 11.4 Å². The molecule has 1 aromatic carbocycles. The Morgan fingerprint density at radius 2 is 1.47 bits per heavy atom. The normalized spacial score (nSPS) is 9.06. The molecule has 17 heavy (non-hydrogen) atoms. The summed E-state index contributed by atoms with van der Waals surface area (Å²) in [5.41, 5.74) is -0.548. The van der Waals surface area contributed by atoms with E-state index in [1.165, 1.54) is 18.2 Å². The molecule has 1 aromatic rings. The molecule has 0 aliphatic heterocycles. The van der Waals surface area contributed by atoms with Crippen LogP contribution in [0.3, 0.4) is 0 Å². The molecule has 0 aliphatic carbocycles. The van der Waals surface area contributed by atoms with E-state index in [0.717, 1.165) is 19.2 Å². The van der Waals surface area contributed by atoms with Gasteiger partial charge in [0.15, 0.2) is 0 Å². The highest BCUT2D eigenvalue weighted by atomic mass is 16.6. The van der Waals surface area contributed by atoms with Gasteiger partial charge >= 0.3 is 0 Å². The van der Waals surface area contributed by atoms with Gasteiger partial charge in [-0.3, -0.25) is 20.2 Å². The fourth-order valence-corrected chi connectivity index (χ4v) is 0.970. The monoisotopic (exact) mass is 241 g/mol. The summed E-state index contributed by atoms with van der Waals surface area (Å²) < 4.78 is 0. The van der Waals surface area contributed by atoms with E-state index in [0.29, 0.717) is 0 Å². The van der Waals surface area contributed by atoms with Crippen molar-refractivity contribution in [3.05, 3.63) is 44.5 Å². The van der Waals surface area contributed by atoms with Crippen LogP contribution in [-0.2, 0) is 0 Å². The van der Waals surface area contributed by atoms with Gasteiger partial charge in [-0.05, 0) is 19.2 Å². The average molecular weight is 241 g/mol. The van der Waals surface area contributed by atoms with Gasteiger partial charge in [-0.25, -0.2) is 0 Å². The minimum Gasteiger partial charge on any atom is -0.317 e. The number of hydrogen-bond acceptors (Lipinski definition) is 5. The molecule has 0 fully saturated rings. The first-order chi connectivity index (χ1) is 8.02. The summed E-state index contributed by atoms with van der Waals surface area (Å²) in [4.78, 5) is 19.0. The predicted octanol–water partition coefficient (Wildman–Crippen LogP) is 2.12. The lowest BCUT2D eigenvalue weighted by molar-refractivity contribution is -0.394. The molecule has 0 atom stereocenters. The summed E-state index contributed by atoms with van der Waals surface area (Å²) in [6, 6.07) is 4.59. The molecule has 1 N–H and O–H groups in total. The van der Waals surface area contributed by atoms with E-state index in [1.54, 1.807) is 0 Å². The molecule has 0 saturated heterocycles. The third kappa shape index (κ3) is 6.21. The fraction of sp³-hybridized carbons (Fsp3) is 0.400. The molecule has 0 heterocycles. The number of benzene rings is 1. The van der Waals surface area contributed by atoms with Gasteiger partial charge in [0.2, 0.25) is 0 Å². The molecule has 7 nitrogen and oxygen atoms in total. The SMILES string of the molecule is CCNCC.O=[N+]([O-])c1cccc([N+](=O)[O-])c1. The van der Waals surface area contributed by atoms with E-state index in [1.807, 2.05) is 0 Å². The number of nitro benzene ring substituents is 2. The largest absolute Gasteiger partial charge is 0.317 e. The highest BCUT2D eigenvalue weighted by Crippen LogP contribution is 2.18. The third-order valence-corrected chi connectivity index (χ3v) is 1.75. The summed E-state index contributed by atoms with van der Waals surface area (Å²) in [6.45, 7) is 6.39. The van der Waals surface area contributed by atoms with E-state index in [-0.39, 0.29) is 11.4 Å². The molecule has 0 spiro atoms. The average Bonchev–Trinajstić information content (AvgIpc) is 2.31. The van der Waals surface area contributed by atoms with E-state index in [4.69, 9.17) is 0 Å². The van der Waals surface area contributed by atoms with Crippen molar-refractivity contribution in [2.45, 2.75) is 13.8 Å². The number of hydrogen-bond donors (Lipinski definition) is 1. The van der Waals surface area contributed by atoms with Crippen molar-refractivity contribution < 1.29 is 9.85 Å². The molecule has 0 aromatic heterocycles. The second-order valence-electron chi connectivity index (χ2n) is 2.99. The maximum absolute atomic E-state index is 10.2. The lowest BCUT2D eigenvalue weighted by atomic mass is 10.3. The predicted molar refractivity (Wildman–Crippen MR) is 64.0 cm³/mol. The van der Waals surface area contributed by atoms with Crippen LogP contribution in [-0.4, -0.2) is 22.9 Å². The van der Waals surface area contributed by atoms with Crippen molar-refractivity contribution in [2.24, 2.45) is 0 Å². The summed E-state index contributed by atoms with van der Waals surface area (Å²) in [5.74, 6) is 0. The van der Waals surface area contributed by atoms with Gasteiger partial charge in [0.05, 0.1) is 15.9 Å². The first-order valence-electron chi connectivity index (χ1n) is 5.12. The molecule has 94 valence electrons. The Morgan fingerprint density at radius 1 is 1.06 bits per heavy atom. The molecule has 0 radical (unpaired) electrons. The van der Waals surface area contributed by atoms with Crippen molar-refractivity contribution in [1.29, 1.82) is 0 Å². The van der Waals surface area contributed by atoms with Crippen LogP contribution in [0.2, 0.25) is 0 Å². The summed E-state index contributed by atoms with van der Waals surface area (Å²) in [6.07, 6.45) is 0. The smallest absolute Gasteiger partial charge is 0.276 e. The lowest BCUT2D eigenvalue weighted by Gasteiger charge is -1.90.